The SMILES string of the molecule is CCN1CC(C)C=N1. The molecule has 1 aliphatic heterocycles. The van der Waals surface area contributed by atoms with Gasteiger partial charge in [-0.25, -0.2) is 0 Å². The lowest BCUT2D eigenvalue weighted by Crippen LogP contribution is -2.15. The van der Waals surface area contributed by atoms with Crippen molar-refractivity contribution in [3.8, 4) is 0 Å². The second-order valence-corrected chi connectivity index (χ2v) is 2.25. The van der Waals surface area contributed by atoms with Crippen LogP contribution in [0.3, 0.4) is 0 Å². The molecule has 0 saturated carbocycles. The van der Waals surface area contributed by atoms with E-state index in [2.05, 4.69) is 24.0 Å². The third-order valence-corrected chi connectivity index (χ3v) is 1.35. The highest BCUT2D eigenvalue weighted by Crippen LogP contribution is 2.04. The fraction of sp³-hybridized carbons (Fsp3) is 0.833. The van der Waals surface area contributed by atoms with Gasteiger partial charge in [0, 0.05) is 25.2 Å². The van der Waals surface area contributed by atoms with Crippen LogP contribution in [0.4, 0.5) is 0 Å². The van der Waals surface area contributed by atoms with Crippen LogP contribution in [0.25, 0.3) is 0 Å². The van der Waals surface area contributed by atoms with E-state index in [9.17, 15) is 0 Å². The van der Waals surface area contributed by atoms with Crippen LogP contribution in [0.15, 0.2) is 5.10 Å². The molecule has 2 nitrogen and oxygen atoms in total. The molecule has 0 aliphatic carbocycles. The number of rotatable bonds is 1. The standard InChI is InChI=1S/C6H12N2/c1-3-8-5-6(2)4-7-8/h4,6H,3,5H2,1-2H3. The van der Waals surface area contributed by atoms with Crippen molar-refractivity contribution >= 4 is 6.21 Å². The van der Waals surface area contributed by atoms with Gasteiger partial charge in [-0.3, -0.25) is 5.01 Å². The van der Waals surface area contributed by atoms with E-state index in [0.717, 1.165) is 13.1 Å². The Morgan fingerprint density at radius 2 is 2.62 bits per heavy atom. The summed E-state index contributed by atoms with van der Waals surface area (Å²) in [6.45, 7) is 6.45. The summed E-state index contributed by atoms with van der Waals surface area (Å²) >= 11 is 0. The van der Waals surface area contributed by atoms with Crippen LogP contribution in [0.5, 0.6) is 0 Å². The molecule has 2 heteroatoms. The Morgan fingerprint density at radius 1 is 1.88 bits per heavy atom. The van der Waals surface area contributed by atoms with Crippen molar-refractivity contribution in [3.05, 3.63) is 0 Å². The predicted molar refractivity (Wildman–Crippen MR) is 34.9 cm³/mol. The second-order valence-electron chi connectivity index (χ2n) is 2.25. The van der Waals surface area contributed by atoms with Crippen molar-refractivity contribution in [2.24, 2.45) is 11.0 Å². The Bertz CT molecular complexity index is 98.7. The van der Waals surface area contributed by atoms with Crippen LogP contribution < -0.4 is 0 Å². The van der Waals surface area contributed by atoms with E-state index in [1.165, 1.54) is 0 Å². The first-order valence-electron chi connectivity index (χ1n) is 3.12. The normalized spacial score (nSPS) is 27.2. The highest BCUT2D eigenvalue weighted by atomic mass is 15.5. The fourth-order valence-corrected chi connectivity index (χ4v) is 0.846. The molecule has 1 aliphatic rings. The minimum absolute atomic E-state index is 0.662. The van der Waals surface area contributed by atoms with Crippen molar-refractivity contribution < 1.29 is 0 Å². The lowest BCUT2D eigenvalue weighted by atomic mass is 10.2. The molecule has 0 amide bonds. The van der Waals surface area contributed by atoms with Crippen LogP contribution in [0, 0.1) is 5.92 Å². The molecular weight excluding hydrogens is 100 g/mol. The Morgan fingerprint density at radius 3 is 2.88 bits per heavy atom. The van der Waals surface area contributed by atoms with Crippen LogP contribution in [0.2, 0.25) is 0 Å². The quantitative estimate of drug-likeness (QED) is 0.493. The highest BCUT2D eigenvalue weighted by Gasteiger charge is 2.09. The summed E-state index contributed by atoms with van der Waals surface area (Å²) in [6.07, 6.45) is 2.00. The van der Waals surface area contributed by atoms with Gasteiger partial charge in [-0.05, 0) is 6.92 Å². The maximum Gasteiger partial charge on any atom is 0.0435 e. The predicted octanol–water partition coefficient (Wildman–Crippen LogP) is 0.944. The third-order valence-electron chi connectivity index (χ3n) is 1.35. The highest BCUT2D eigenvalue weighted by molar-refractivity contribution is 5.61. The average molecular weight is 112 g/mol. The van der Waals surface area contributed by atoms with E-state index in [1.807, 2.05) is 6.21 Å². The fourth-order valence-electron chi connectivity index (χ4n) is 0.846. The monoisotopic (exact) mass is 112 g/mol. The number of hydrogen-bond donors (Lipinski definition) is 0. The molecular formula is C6H12N2. The van der Waals surface area contributed by atoms with E-state index < -0.39 is 0 Å². The zero-order chi connectivity index (χ0) is 5.98. The molecule has 0 aromatic rings. The Hall–Kier alpha value is -0.530. The van der Waals surface area contributed by atoms with Crippen LogP contribution in [-0.4, -0.2) is 24.3 Å². The molecule has 1 rings (SSSR count). The summed E-state index contributed by atoms with van der Waals surface area (Å²) in [5, 5.41) is 6.22. The Labute approximate surface area is 50.2 Å². The topological polar surface area (TPSA) is 15.6 Å². The average Bonchev–Trinajstić information content (AvgIpc) is 2.14. The zero-order valence-corrected chi connectivity index (χ0v) is 5.46. The molecule has 0 bridgehead atoms. The van der Waals surface area contributed by atoms with Gasteiger partial charge < -0.3 is 0 Å². The molecule has 1 unspecified atom stereocenters. The molecule has 8 heavy (non-hydrogen) atoms. The van der Waals surface area contributed by atoms with Crippen LogP contribution in [-0.2, 0) is 0 Å². The Balaban J connectivity index is 2.34. The smallest absolute Gasteiger partial charge is 0.0435 e. The molecule has 46 valence electrons. The van der Waals surface area contributed by atoms with E-state index in [1.54, 1.807) is 0 Å². The number of hydrogen-bond acceptors (Lipinski definition) is 2. The van der Waals surface area contributed by atoms with E-state index in [-0.39, 0.29) is 0 Å². The molecule has 0 fully saturated rings. The van der Waals surface area contributed by atoms with Crippen molar-refractivity contribution in [2.45, 2.75) is 13.8 Å². The molecule has 1 heterocycles. The van der Waals surface area contributed by atoms with Crippen molar-refractivity contribution in [3.63, 3.8) is 0 Å². The van der Waals surface area contributed by atoms with E-state index >= 15 is 0 Å². The summed E-state index contributed by atoms with van der Waals surface area (Å²) in [6, 6.07) is 0. The summed E-state index contributed by atoms with van der Waals surface area (Å²) in [7, 11) is 0. The molecule has 0 aromatic carbocycles. The number of nitrogens with zero attached hydrogens (tertiary/aromatic N) is 2. The van der Waals surface area contributed by atoms with Gasteiger partial charge in [0.1, 0.15) is 0 Å². The van der Waals surface area contributed by atoms with Gasteiger partial charge >= 0.3 is 0 Å². The summed E-state index contributed by atoms with van der Waals surface area (Å²) in [5.41, 5.74) is 0. The first-order chi connectivity index (χ1) is 3.83. The maximum absolute atomic E-state index is 4.14. The Kier molecular flexibility index (Phi) is 1.51. The second kappa shape index (κ2) is 2.16. The molecule has 0 saturated heterocycles. The lowest BCUT2D eigenvalue weighted by molar-refractivity contribution is 0.317. The van der Waals surface area contributed by atoms with Crippen LogP contribution >= 0.6 is 0 Å². The van der Waals surface area contributed by atoms with Gasteiger partial charge in [0.15, 0.2) is 0 Å². The largest absolute Gasteiger partial charge is 0.297 e. The number of hydrazone groups is 1. The van der Waals surface area contributed by atoms with Crippen molar-refractivity contribution in [1.82, 2.24) is 5.01 Å². The van der Waals surface area contributed by atoms with Gasteiger partial charge in [-0.15, -0.1) is 0 Å². The summed E-state index contributed by atoms with van der Waals surface area (Å²) in [5.74, 6) is 0.662. The first kappa shape index (κ1) is 5.60. The minimum atomic E-state index is 0.662. The van der Waals surface area contributed by atoms with Gasteiger partial charge in [0.2, 0.25) is 0 Å². The summed E-state index contributed by atoms with van der Waals surface area (Å²) in [4.78, 5) is 0. The van der Waals surface area contributed by atoms with Crippen molar-refractivity contribution in [1.29, 1.82) is 0 Å². The molecule has 1 atom stereocenters. The molecule has 0 N–H and O–H groups in total. The zero-order valence-electron chi connectivity index (χ0n) is 5.46. The first-order valence-corrected chi connectivity index (χ1v) is 3.12. The van der Waals surface area contributed by atoms with Gasteiger partial charge in [-0.2, -0.15) is 5.10 Å². The van der Waals surface area contributed by atoms with Crippen molar-refractivity contribution in [2.75, 3.05) is 13.1 Å². The van der Waals surface area contributed by atoms with Gasteiger partial charge in [0.25, 0.3) is 0 Å². The van der Waals surface area contributed by atoms with E-state index in [0.29, 0.717) is 5.92 Å². The minimum Gasteiger partial charge on any atom is -0.297 e. The van der Waals surface area contributed by atoms with Crippen LogP contribution in [0.1, 0.15) is 13.8 Å². The molecule has 0 aromatic heterocycles. The third kappa shape index (κ3) is 0.997. The van der Waals surface area contributed by atoms with Gasteiger partial charge in [-0.1, -0.05) is 6.92 Å². The molecule has 0 spiro atoms. The lowest BCUT2D eigenvalue weighted by Gasteiger charge is -2.09. The van der Waals surface area contributed by atoms with Gasteiger partial charge in [0.05, 0.1) is 0 Å². The molecule has 0 radical (unpaired) electrons. The summed E-state index contributed by atoms with van der Waals surface area (Å²) < 4.78 is 0. The van der Waals surface area contributed by atoms with E-state index in [4.69, 9.17) is 0 Å². The maximum atomic E-state index is 4.14.